The lowest BCUT2D eigenvalue weighted by molar-refractivity contribution is 0.0949. The molecule has 0 heterocycles. The van der Waals surface area contributed by atoms with Gasteiger partial charge in [-0.3, -0.25) is 4.79 Å². The van der Waals surface area contributed by atoms with Gasteiger partial charge in [-0.1, -0.05) is 22.9 Å². The van der Waals surface area contributed by atoms with Gasteiger partial charge in [0.2, 0.25) is 0 Å². The Balaban J connectivity index is 2.59. The number of carbonyl (C=O) groups is 1. The highest BCUT2D eigenvalue weighted by atomic mass is 79.9. The first-order valence-electron chi connectivity index (χ1n) is 5.79. The molecule has 1 atom stereocenters. The summed E-state index contributed by atoms with van der Waals surface area (Å²) in [4.78, 5) is 12.1. The van der Waals surface area contributed by atoms with Gasteiger partial charge < -0.3 is 5.32 Å². The van der Waals surface area contributed by atoms with Gasteiger partial charge in [0.15, 0.2) is 0 Å². The molecular weight excluding hydrogens is 304 g/mol. The summed E-state index contributed by atoms with van der Waals surface area (Å²) in [7, 11) is 0. The minimum absolute atomic E-state index is 0.110. The summed E-state index contributed by atoms with van der Waals surface area (Å²) in [6.45, 7) is 3.99. The number of nitrogens with one attached hydrogen (secondary N) is 1. The fourth-order valence-electron chi connectivity index (χ4n) is 1.51. The Bertz CT molecular complexity index is 435. The average molecular weight is 320 g/mol. The van der Waals surface area contributed by atoms with Crippen LogP contribution in [-0.2, 0) is 0 Å². The number of hydrogen-bond acceptors (Lipinski definition) is 1. The van der Waals surface area contributed by atoms with Crippen molar-refractivity contribution in [3.8, 4) is 0 Å². The van der Waals surface area contributed by atoms with Crippen LogP contribution in [0, 0.1) is 18.6 Å². The summed E-state index contributed by atoms with van der Waals surface area (Å²) < 4.78 is 26.5. The fourth-order valence-corrected chi connectivity index (χ4v) is 1.84. The summed E-state index contributed by atoms with van der Waals surface area (Å²) in [5.41, 5.74) is 0.149. The Morgan fingerprint density at radius 1 is 1.39 bits per heavy atom. The Morgan fingerprint density at radius 2 is 2.06 bits per heavy atom. The minimum Gasteiger partial charge on any atom is -0.352 e. The van der Waals surface area contributed by atoms with Crippen molar-refractivity contribution >= 4 is 21.8 Å². The highest BCUT2D eigenvalue weighted by molar-refractivity contribution is 9.09. The molecule has 0 saturated carbocycles. The molecule has 0 saturated heterocycles. The van der Waals surface area contributed by atoms with Crippen molar-refractivity contribution in [1.29, 1.82) is 0 Å². The summed E-state index contributed by atoms with van der Waals surface area (Å²) in [6.07, 6.45) is 1.73. The average Bonchev–Trinajstić information content (AvgIpc) is 2.28. The van der Waals surface area contributed by atoms with Crippen molar-refractivity contribution in [2.24, 2.45) is 0 Å². The van der Waals surface area contributed by atoms with E-state index < -0.39 is 17.5 Å². The molecule has 1 aromatic carbocycles. The summed E-state index contributed by atoms with van der Waals surface area (Å²) in [6, 6.07) is 1.97. The van der Waals surface area contributed by atoms with Crippen molar-refractivity contribution in [2.45, 2.75) is 31.5 Å². The molecule has 0 radical (unpaired) electrons. The number of hydrogen-bond donors (Lipinski definition) is 1. The number of halogens is 3. The first kappa shape index (κ1) is 15.1. The number of benzene rings is 1. The van der Waals surface area contributed by atoms with Crippen molar-refractivity contribution in [2.75, 3.05) is 6.54 Å². The van der Waals surface area contributed by atoms with Gasteiger partial charge in [-0.25, -0.2) is 8.78 Å². The number of rotatable bonds is 5. The number of aryl methyl sites for hydroxylation is 1. The molecule has 0 aliphatic heterocycles. The first-order chi connectivity index (χ1) is 8.41. The van der Waals surface area contributed by atoms with Crippen molar-refractivity contribution < 1.29 is 13.6 Å². The molecule has 0 fully saturated rings. The van der Waals surface area contributed by atoms with E-state index >= 15 is 0 Å². The van der Waals surface area contributed by atoms with Gasteiger partial charge in [-0.15, -0.1) is 0 Å². The molecule has 1 N–H and O–H groups in total. The van der Waals surface area contributed by atoms with Gasteiger partial charge in [-0.05, 0) is 31.4 Å². The molecule has 0 aromatic heterocycles. The molecule has 2 nitrogen and oxygen atoms in total. The molecule has 0 aliphatic carbocycles. The van der Waals surface area contributed by atoms with Crippen LogP contribution < -0.4 is 5.32 Å². The van der Waals surface area contributed by atoms with E-state index in [1.165, 1.54) is 13.0 Å². The molecule has 1 rings (SSSR count). The maximum atomic E-state index is 13.4. The summed E-state index contributed by atoms with van der Waals surface area (Å²) in [5.74, 6) is -1.97. The Labute approximate surface area is 114 Å². The normalized spacial score (nSPS) is 12.3. The SMILES string of the molecule is Cc1cc(C(=O)NCCCC(C)Br)c(F)cc1F. The van der Waals surface area contributed by atoms with Crippen molar-refractivity contribution in [3.05, 3.63) is 34.9 Å². The molecule has 100 valence electrons. The largest absolute Gasteiger partial charge is 0.352 e. The lowest BCUT2D eigenvalue weighted by Gasteiger charge is -2.08. The molecule has 5 heteroatoms. The molecule has 1 unspecified atom stereocenters. The van der Waals surface area contributed by atoms with Crippen LogP contribution in [0.15, 0.2) is 12.1 Å². The quantitative estimate of drug-likeness (QED) is 0.652. The summed E-state index contributed by atoms with van der Waals surface area (Å²) in [5, 5.41) is 2.62. The van der Waals surface area contributed by atoms with Crippen LogP contribution in [0.5, 0.6) is 0 Å². The van der Waals surface area contributed by atoms with Gasteiger partial charge in [0.05, 0.1) is 5.56 Å². The zero-order chi connectivity index (χ0) is 13.7. The van der Waals surface area contributed by atoms with Crippen LogP contribution in [-0.4, -0.2) is 17.3 Å². The maximum absolute atomic E-state index is 13.4. The zero-order valence-corrected chi connectivity index (χ0v) is 12.0. The van der Waals surface area contributed by atoms with E-state index in [0.717, 1.165) is 18.9 Å². The lowest BCUT2D eigenvalue weighted by Crippen LogP contribution is -2.26. The predicted molar refractivity (Wildman–Crippen MR) is 71.1 cm³/mol. The van der Waals surface area contributed by atoms with Crippen molar-refractivity contribution in [1.82, 2.24) is 5.32 Å². The third-order valence-corrected chi connectivity index (χ3v) is 3.02. The second-order valence-corrected chi connectivity index (χ2v) is 5.82. The maximum Gasteiger partial charge on any atom is 0.254 e. The monoisotopic (exact) mass is 319 g/mol. The first-order valence-corrected chi connectivity index (χ1v) is 6.71. The van der Waals surface area contributed by atoms with Gasteiger partial charge in [-0.2, -0.15) is 0 Å². The second-order valence-electron chi connectivity index (χ2n) is 4.26. The smallest absolute Gasteiger partial charge is 0.254 e. The van der Waals surface area contributed by atoms with Crippen molar-refractivity contribution in [3.63, 3.8) is 0 Å². The lowest BCUT2D eigenvalue weighted by atomic mass is 10.1. The molecule has 0 aliphatic rings. The number of carbonyl (C=O) groups excluding carboxylic acids is 1. The van der Waals surface area contributed by atoms with E-state index in [0.29, 0.717) is 11.4 Å². The third kappa shape index (κ3) is 4.37. The fraction of sp³-hybridized carbons (Fsp3) is 0.462. The van der Waals surface area contributed by atoms with E-state index in [2.05, 4.69) is 21.2 Å². The zero-order valence-electron chi connectivity index (χ0n) is 10.4. The second kappa shape index (κ2) is 6.83. The van der Waals surface area contributed by atoms with Gasteiger partial charge in [0, 0.05) is 17.4 Å². The molecular formula is C13H16BrF2NO. The van der Waals surface area contributed by atoms with E-state index in [1.807, 2.05) is 6.92 Å². The van der Waals surface area contributed by atoms with Gasteiger partial charge >= 0.3 is 0 Å². The predicted octanol–water partition coefficient (Wildman–Crippen LogP) is 3.57. The van der Waals surface area contributed by atoms with Crippen LogP contribution >= 0.6 is 15.9 Å². The highest BCUT2D eigenvalue weighted by Gasteiger charge is 2.13. The van der Waals surface area contributed by atoms with E-state index in [-0.39, 0.29) is 11.1 Å². The minimum atomic E-state index is -0.829. The van der Waals surface area contributed by atoms with Gasteiger partial charge in [0.1, 0.15) is 11.6 Å². The van der Waals surface area contributed by atoms with E-state index in [9.17, 15) is 13.6 Å². The topological polar surface area (TPSA) is 29.1 Å². The number of alkyl halides is 1. The molecule has 1 aromatic rings. The van der Waals surface area contributed by atoms with Crippen LogP contribution in [0.1, 0.15) is 35.7 Å². The Morgan fingerprint density at radius 3 is 2.67 bits per heavy atom. The summed E-state index contributed by atoms with van der Waals surface area (Å²) >= 11 is 3.40. The Hall–Kier alpha value is -0.970. The molecule has 0 spiro atoms. The standard InChI is InChI=1S/C13H16BrF2NO/c1-8-6-10(12(16)7-11(8)15)13(18)17-5-3-4-9(2)14/h6-7,9H,3-5H2,1-2H3,(H,17,18). The molecule has 1 amide bonds. The van der Waals surface area contributed by atoms with E-state index in [1.54, 1.807) is 0 Å². The van der Waals surface area contributed by atoms with Crippen LogP contribution in [0.25, 0.3) is 0 Å². The third-order valence-electron chi connectivity index (χ3n) is 2.56. The van der Waals surface area contributed by atoms with Crippen LogP contribution in [0.4, 0.5) is 8.78 Å². The Kier molecular flexibility index (Phi) is 5.72. The molecule has 0 bridgehead atoms. The van der Waals surface area contributed by atoms with E-state index in [4.69, 9.17) is 0 Å². The highest BCUT2D eigenvalue weighted by Crippen LogP contribution is 2.14. The number of amides is 1. The van der Waals surface area contributed by atoms with Crippen LogP contribution in [0.2, 0.25) is 0 Å². The molecule has 18 heavy (non-hydrogen) atoms. The van der Waals surface area contributed by atoms with Gasteiger partial charge in [0.25, 0.3) is 5.91 Å². The van der Waals surface area contributed by atoms with Crippen LogP contribution in [0.3, 0.4) is 0 Å².